The van der Waals surface area contributed by atoms with Crippen LogP contribution in [0.4, 0.5) is 10.2 Å². The molecule has 0 atom stereocenters. The molecule has 5 heteroatoms. The van der Waals surface area contributed by atoms with Crippen molar-refractivity contribution in [2.75, 3.05) is 5.32 Å². The van der Waals surface area contributed by atoms with Gasteiger partial charge in [-0.05, 0) is 43.9 Å². The quantitative estimate of drug-likeness (QED) is 0.713. The number of anilines is 1. The topological polar surface area (TPSA) is 42.2 Å². The lowest BCUT2D eigenvalue weighted by atomic mass is 9.82. The molecule has 132 valence electrons. The summed E-state index contributed by atoms with van der Waals surface area (Å²) in [5, 5.41) is 3.62. The van der Waals surface area contributed by atoms with Crippen LogP contribution in [0.2, 0.25) is 0 Å². The maximum Gasteiger partial charge on any atom is 0.235 e. The van der Waals surface area contributed by atoms with E-state index in [1.54, 1.807) is 12.3 Å². The maximum absolute atomic E-state index is 13.7. The zero-order valence-corrected chi connectivity index (χ0v) is 15.5. The van der Waals surface area contributed by atoms with E-state index in [0.29, 0.717) is 11.5 Å². The summed E-state index contributed by atoms with van der Waals surface area (Å²) in [6.45, 7) is 11.0. The zero-order valence-electron chi connectivity index (χ0n) is 15.5. The van der Waals surface area contributed by atoms with Gasteiger partial charge in [0, 0.05) is 23.5 Å². The first-order chi connectivity index (χ1) is 11.6. The van der Waals surface area contributed by atoms with E-state index in [1.165, 1.54) is 12.1 Å². The normalized spacial score (nSPS) is 12.6. The third-order valence-electron chi connectivity index (χ3n) is 3.93. The van der Waals surface area contributed by atoms with Crippen LogP contribution in [0.15, 0.2) is 42.7 Å². The first-order valence-corrected chi connectivity index (χ1v) is 8.52. The summed E-state index contributed by atoms with van der Waals surface area (Å²) in [5.41, 5.74) is 1.46. The van der Waals surface area contributed by atoms with Crippen LogP contribution < -0.4 is 5.32 Å². The molecule has 0 aliphatic heterocycles. The highest BCUT2D eigenvalue weighted by Crippen LogP contribution is 2.34. The summed E-state index contributed by atoms with van der Waals surface area (Å²) in [7, 11) is 0. The first kappa shape index (κ1) is 17.4. The van der Waals surface area contributed by atoms with Gasteiger partial charge in [-0.25, -0.2) is 14.4 Å². The molecule has 0 spiro atoms. The number of hydrogen-bond donors (Lipinski definition) is 1. The van der Waals surface area contributed by atoms with Gasteiger partial charge in [-0.3, -0.25) is 4.40 Å². The minimum absolute atomic E-state index is 0.161. The average molecular weight is 340 g/mol. The molecule has 2 heterocycles. The number of nitrogens with one attached hydrogen (secondary N) is 1. The molecule has 3 rings (SSSR count). The number of fused-ring (bicyclic) bond motifs is 1. The number of hydrogen-bond acceptors (Lipinski definition) is 3. The van der Waals surface area contributed by atoms with Gasteiger partial charge in [0.1, 0.15) is 17.3 Å². The fourth-order valence-corrected chi connectivity index (χ4v) is 3.53. The Balaban J connectivity index is 2.11. The second kappa shape index (κ2) is 6.14. The Bertz CT molecular complexity index is 890. The van der Waals surface area contributed by atoms with E-state index in [9.17, 15) is 4.39 Å². The molecule has 4 nitrogen and oxygen atoms in total. The molecule has 0 bridgehead atoms. The number of aromatic nitrogens is 3. The van der Waals surface area contributed by atoms with Gasteiger partial charge >= 0.3 is 0 Å². The highest BCUT2D eigenvalue weighted by Gasteiger charge is 2.28. The Kier molecular flexibility index (Phi) is 4.27. The molecule has 0 saturated heterocycles. The van der Waals surface area contributed by atoms with Gasteiger partial charge in [-0.1, -0.05) is 32.9 Å². The summed E-state index contributed by atoms with van der Waals surface area (Å²) < 4.78 is 15.7. The summed E-state index contributed by atoms with van der Waals surface area (Å²) in [5.74, 6) is 1.15. The van der Waals surface area contributed by atoms with Crippen LogP contribution >= 0.6 is 0 Å². The molecule has 25 heavy (non-hydrogen) atoms. The minimum Gasteiger partial charge on any atom is -0.364 e. The minimum atomic E-state index is -0.276. The number of benzene rings is 1. The second-order valence-corrected chi connectivity index (χ2v) is 8.36. The third-order valence-corrected chi connectivity index (χ3v) is 3.93. The van der Waals surface area contributed by atoms with Crippen molar-refractivity contribution in [2.24, 2.45) is 5.41 Å². The van der Waals surface area contributed by atoms with E-state index >= 15 is 0 Å². The van der Waals surface area contributed by atoms with Crippen molar-refractivity contribution in [2.45, 2.75) is 46.6 Å². The van der Waals surface area contributed by atoms with Crippen molar-refractivity contribution >= 4 is 11.6 Å². The highest BCUT2D eigenvalue weighted by atomic mass is 19.1. The molecule has 0 aliphatic rings. The van der Waals surface area contributed by atoms with Crippen LogP contribution in [0, 0.1) is 11.2 Å². The molecule has 1 N–H and O–H groups in total. The Labute approximate surface area is 148 Å². The fraction of sp³-hybridized carbons (Fsp3) is 0.400. The van der Waals surface area contributed by atoms with E-state index in [-0.39, 0.29) is 16.8 Å². The summed E-state index contributed by atoms with van der Waals surface area (Å²) in [6, 6.07) is 8.38. The van der Waals surface area contributed by atoms with Crippen molar-refractivity contribution in [3.05, 3.63) is 48.5 Å². The number of rotatable bonds is 4. The molecule has 0 saturated carbocycles. The lowest BCUT2D eigenvalue weighted by Crippen LogP contribution is -2.36. The van der Waals surface area contributed by atoms with Gasteiger partial charge in [-0.2, -0.15) is 0 Å². The van der Waals surface area contributed by atoms with Crippen LogP contribution in [0.3, 0.4) is 0 Å². The summed E-state index contributed by atoms with van der Waals surface area (Å²) in [4.78, 5) is 8.96. The molecule has 0 amide bonds. The standard InChI is InChI=1S/C20H25FN4/c1-19(2,3)13-20(4,5)24-17-16(14-8-6-9-15(21)12-14)23-18-22-10-7-11-25(17)18/h6-12,24H,13H2,1-5H3. The second-order valence-electron chi connectivity index (χ2n) is 8.36. The molecule has 0 unspecified atom stereocenters. The molecular weight excluding hydrogens is 315 g/mol. The smallest absolute Gasteiger partial charge is 0.235 e. The van der Waals surface area contributed by atoms with Crippen LogP contribution in [0.5, 0.6) is 0 Å². The van der Waals surface area contributed by atoms with E-state index < -0.39 is 0 Å². The van der Waals surface area contributed by atoms with E-state index in [1.807, 2.05) is 22.7 Å². The molecule has 3 aromatic rings. The van der Waals surface area contributed by atoms with E-state index in [0.717, 1.165) is 17.8 Å². The van der Waals surface area contributed by atoms with Crippen LogP contribution in [0.1, 0.15) is 41.0 Å². The maximum atomic E-state index is 13.7. The zero-order chi connectivity index (χ0) is 18.2. The van der Waals surface area contributed by atoms with Crippen molar-refractivity contribution in [3.8, 4) is 11.3 Å². The van der Waals surface area contributed by atoms with Gasteiger partial charge in [0.2, 0.25) is 5.78 Å². The molecule has 0 fully saturated rings. The summed E-state index contributed by atoms with van der Waals surface area (Å²) >= 11 is 0. The molecule has 0 aliphatic carbocycles. The van der Waals surface area contributed by atoms with Crippen LogP contribution in [-0.2, 0) is 0 Å². The Morgan fingerprint density at radius 2 is 1.88 bits per heavy atom. The van der Waals surface area contributed by atoms with Crippen molar-refractivity contribution in [1.29, 1.82) is 0 Å². The largest absolute Gasteiger partial charge is 0.364 e. The SMILES string of the molecule is CC(C)(C)CC(C)(C)Nc1c(-c2cccc(F)c2)nc2ncccn12. The Hall–Kier alpha value is -2.43. The fourth-order valence-electron chi connectivity index (χ4n) is 3.53. The lowest BCUT2D eigenvalue weighted by Gasteiger charge is -2.34. The summed E-state index contributed by atoms with van der Waals surface area (Å²) in [6.07, 6.45) is 4.60. The molecule has 0 radical (unpaired) electrons. The number of imidazole rings is 1. The average Bonchev–Trinajstić information content (AvgIpc) is 2.83. The van der Waals surface area contributed by atoms with Gasteiger partial charge in [0.25, 0.3) is 0 Å². The van der Waals surface area contributed by atoms with Gasteiger partial charge in [0.15, 0.2) is 0 Å². The Morgan fingerprint density at radius 3 is 2.56 bits per heavy atom. The van der Waals surface area contributed by atoms with Crippen molar-refractivity contribution < 1.29 is 4.39 Å². The molecular formula is C20H25FN4. The van der Waals surface area contributed by atoms with E-state index in [4.69, 9.17) is 0 Å². The first-order valence-electron chi connectivity index (χ1n) is 8.52. The monoisotopic (exact) mass is 340 g/mol. The van der Waals surface area contributed by atoms with Gasteiger partial charge in [0.05, 0.1) is 0 Å². The Morgan fingerprint density at radius 1 is 1.12 bits per heavy atom. The van der Waals surface area contributed by atoms with E-state index in [2.05, 4.69) is 49.9 Å². The molecule has 2 aromatic heterocycles. The number of nitrogens with zero attached hydrogens (tertiary/aromatic N) is 3. The number of halogens is 1. The predicted molar refractivity (Wildman–Crippen MR) is 100 cm³/mol. The van der Waals surface area contributed by atoms with Gasteiger partial charge in [-0.15, -0.1) is 0 Å². The van der Waals surface area contributed by atoms with Gasteiger partial charge < -0.3 is 5.32 Å². The van der Waals surface area contributed by atoms with Crippen LogP contribution in [-0.4, -0.2) is 19.9 Å². The lowest BCUT2D eigenvalue weighted by molar-refractivity contribution is 0.302. The predicted octanol–water partition coefficient (Wildman–Crippen LogP) is 5.16. The van der Waals surface area contributed by atoms with Crippen molar-refractivity contribution in [1.82, 2.24) is 14.4 Å². The van der Waals surface area contributed by atoms with Crippen LogP contribution in [0.25, 0.3) is 17.0 Å². The highest BCUT2D eigenvalue weighted by molar-refractivity contribution is 5.76. The van der Waals surface area contributed by atoms with Crippen molar-refractivity contribution in [3.63, 3.8) is 0 Å². The molecule has 1 aromatic carbocycles. The third kappa shape index (κ3) is 3.98.